The molecule has 37 heavy (non-hydrogen) atoms. The van der Waals surface area contributed by atoms with Crippen molar-refractivity contribution < 1.29 is 55.4 Å². The minimum atomic E-state index is -1.51. The van der Waals surface area contributed by atoms with Gasteiger partial charge in [0.25, 0.3) is 0 Å². The molecule has 0 bridgehead atoms. The van der Waals surface area contributed by atoms with Crippen LogP contribution in [0.15, 0.2) is 46.1 Å². The molecule has 4 heterocycles. The summed E-state index contributed by atoms with van der Waals surface area (Å²) >= 11 is 0. The van der Waals surface area contributed by atoms with E-state index >= 15 is 0 Å². The van der Waals surface area contributed by atoms with Crippen molar-refractivity contribution in [1.29, 1.82) is 0 Å². The molecule has 0 saturated carbocycles. The first-order valence-electron chi connectivity index (χ1n) is 10.5. The maximum absolute atomic E-state index is 9.77. The Labute approximate surface area is 207 Å². The van der Waals surface area contributed by atoms with E-state index in [0.717, 1.165) is 0 Å². The van der Waals surface area contributed by atoms with E-state index in [0.29, 0.717) is 23.0 Å². The summed E-state index contributed by atoms with van der Waals surface area (Å²) in [6, 6.07) is 3.15. The van der Waals surface area contributed by atoms with E-state index in [1.54, 1.807) is 12.1 Å². The van der Waals surface area contributed by atoms with Crippen molar-refractivity contribution in [2.45, 2.75) is 36.6 Å². The highest BCUT2D eigenvalue weighted by atomic mass is 16.5. The highest BCUT2D eigenvalue weighted by Gasteiger charge is 2.28. The Bertz CT molecular complexity index is 1060. The van der Waals surface area contributed by atoms with Crippen molar-refractivity contribution in [3.8, 4) is 23.0 Å². The smallest absolute Gasteiger partial charge is 0.159 e. The van der Waals surface area contributed by atoms with Crippen molar-refractivity contribution in [1.82, 2.24) is 30.2 Å². The first-order valence-corrected chi connectivity index (χ1v) is 10.5. The van der Waals surface area contributed by atoms with Crippen LogP contribution in [0.1, 0.15) is 23.6 Å². The van der Waals surface area contributed by atoms with Gasteiger partial charge >= 0.3 is 0 Å². The first kappa shape index (κ1) is 29.7. The lowest BCUT2D eigenvalue weighted by molar-refractivity contribution is -0.0788. The van der Waals surface area contributed by atoms with Crippen LogP contribution in [0.5, 0.6) is 0 Å². The van der Waals surface area contributed by atoms with E-state index in [1.165, 1.54) is 24.9 Å². The number of hydrogen-bond acceptors (Lipinski definition) is 14. The second kappa shape index (κ2) is 13.7. The average Bonchev–Trinajstić information content (AvgIpc) is 3.72. The Morgan fingerprint density at radius 2 is 1.05 bits per heavy atom. The van der Waals surface area contributed by atoms with Crippen molar-refractivity contribution in [2.24, 2.45) is 0 Å². The minimum absolute atomic E-state index is 0. The van der Waals surface area contributed by atoms with Crippen molar-refractivity contribution in [3.63, 3.8) is 0 Å². The normalized spacial score (nSPS) is 16.0. The van der Waals surface area contributed by atoms with Crippen LogP contribution in [-0.4, -0.2) is 114 Å². The quantitative estimate of drug-likeness (QED) is 0.0969. The zero-order chi connectivity index (χ0) is 26.2. The van der Waals surface area contributed by atoms with E-state index in [9.17, 15) is 30.6 Å². The van der Waals surface area contributed by atoms with Crippen LogP contribution in [0, 0.1) is 0 Å². The summed E-state index contributed by atoms with van der Waals surface area (Å²) in [7, 11) is 0. The summed E-state index contributed by atoms with van der Waals surface area (Å²) in [5.74, 6) is 0.729. The molecule has 6 atom stereocenters. The van der Waals surface area contributed by atoms with E-state index in [4.69, 9.17) is 10.2 Å². The number of aromatic amines is 2. The summed E-state index contributed by atoms with van der Waals surface area (Å²) in [5.41, 5.74) is 1.30. The van der Waals surface area contributed by atoms with Gasteiger partial charge in [0.15, 0.2) is 11.6 Å². The lowest BCUT2D eigenvalue weighted by Gasteiger charge is -2.20. The number of aliphatic hydroxyl groups excluding tert-OH is 8. The lowest BCUT2D eigenvalue weighted by atomic mass is 10.1. The number of nitrogens with one attached hydrogen (secondary N) is 2. The van der Waals surface area contributed by atoms with Gasteiger partial charge < -0.3 is 65.3 Å². The largest absolute Gasteiger partial charge is 0.412 e. The molecule has 4 aromatic rings. The molecule has 0 aromatic carbocycles. The van der Waals surface area contributed by atoms with Crippen LogP contribution in [0.25, 0.3) is 23.0 Å². The Morgan fingerprint density at radius 1 is 0.676 bits per heavy atom. The van der Waals surface area contributed by atoms with E-state index in [-0.39, 0.29) is 16.9 Å². The summed E-state index contributed by atoms with van der Waals surface area (Å²) in [6.45, 7) is -1.30. The number of H-pyrrole nitrogens is 2. The van der Waals surface area contributed by atoms with E-state index < -0.39 is 49.8 Å². The van der Waals surface area contributed by atoms with Crippen LogP contribution in [0.2, 0.25) is 0 Å². The fraction of sp³-hybridized carbons (Fsp3) is 0.400. The number of nitrogens with zero attached hydrogens (tertiary/aromatic N) is 4. The molecule has 0 aliphatic carbocycles. The van der Waals surface area contributed by atoms with Gasteiger partial charge in [0.2, 0.25) is 0 Å². The highest BCUT2D eigenvalue weighted by Crippen LogP contribution is 2.22. The summed E-state index contributed by atoms with van der Waals surface area (Å²) in [4.78, 5) is 13.4. The number of aliphatic hydroxyl groups is 8. The minimum Gasteiger partial charge on any atom is -0.412 e. The lowest BCUT2D eigenvalue weighted by Crippen LogP contribution is -2.34. The monoisotopic (exact) mass is 528 g/mol. The molecular weight excluding hydrogens is 500 g/mol. The average molecular weight is 528 g/mol. The molecule has 0 spiro atoms. The number of rotatable bonds is 10. The highest BCUT2D eigenvalue weighted by molar-refractivity contribution is 5.48. The summed E-state index contributed by atoms with van der Waals surface area (Å²) in [6.07, 6.45) is -3.31. The molecule has 17 heteroatoms. The summed E-state index contributed by atoms with van der Waals surface area (Å²) in [5, 5.41) is 81.7. The van der Waals surface area contributed by atoms with E-state index in [2.05, 4.69) is 39.3 Å². The third kappa shape index (κ3) is 7.26. The summed E-state index contributed by atoms with van der Waals surface area (Å²) < 4.78 is 9.29. The predicted octanol–water partition coefficient (Wildman–Crippen LogP) is -3.20. The molecule has 4 aromatic heterocycles. The fourth-order valence-electron chi connectivity index (χ4n) is 2.91. The standard InChI is InChI=1S/2C10H13N3O5.H2O/c2*14-4-7(15)9(17)8(16)6-3-11-10(12-6)5-1-2-18-13-5;/h2*1-3,7-9,14-17H,4H2,(H,11,12);1H2/t2*7-,8-,9-;/m11./s1. The zero-order valence-electron chi connectivity index (χ0n) is 19.0. The molecular formula is C20H28N6O11. The van der Waals surface area contributed by atoms with Gasteiger partial charge in [-0.3, -0.25) is 0 Å². The van der Waals surface area contributed by atoms with Crippen LogP contribution in [0.3, 0.4) is 0 Å². The van der Waals surface area contributed by atoms with Crippen molar-refractivity contribution in [2.75, 3.05) is 13.2 Å². The SMILES string of the molecule is O.OC[C@@H](O)[C@@H](O)[C@H](O)c1cnc(-c2ccon2)[nH]1.OC[C@@H](O)[C@@H](O)[C@H](O)c1cnc(-c2ccon2)[nH]1. The van der Waals surface area contributed by atoms with Crippen LogP contribution in [0.4, 0.5) is 0 Å². The third-order valence-electron chi connectivity index (χ3n) is 5.00. The molecule has 0 aliphatic rings. The molecule has 204 valence electrons. The molecule has 0 unspecified atom stereocenters. The second-order valence-corrected chi connectivity index (χ2v) is 7.51. The number of imidazole rings is 2. The second-order valence-electron chi connectivity index (χ2n) is 7.51. The number of hydrogen-bond donors (Lipinski definition) is 10. The van der Waals surface area contributed by atoms with Gasteiger partial charge in [0.05, 0.1) is 37.0 Å². The first-order chi connectivity index (χ1) is 17.3. The van der Waals surface area contributed by atoms with Gasteiger partial charge in [-0.15, -0.1) is 0 Å². The van der Waals surface area contributed by atoms with Gasteiger partial charge in [-0.05, 0) is 0 Å². The van der Waals surface area contributed by atoms with Gasteiger partial charge in [-0.1, -0.05) is 10.3 Å². The maximum atomic E-state index is 9.77. The van der Waals surface area contributed by atoms with Gasteiger partial charge in [0, 0.05) is 12.1 Å². The van der Waals surface area contributed by atoms with Crippen LogP contribution < -0.4 is 0 Å². The molecule has 0 saturated heterocycles. The molecule has 4 rings (SSSR count). The van der Waals surface area contributed by atoms with E-state index in [1.807, 2.05) is 0 Å². The molecule has 0 radical (unpaired) electrons. The van der Waals surface area contributed by atoms with Crippen LogP contribution in [-0.2, 0) is 0 Å². The molecule has 17 nitrogen and oxygen atoms in total. The Balaban J connectivity index is 0.000000253. The van der Waals surface area contributed by atoms with Gasteiger partial charge in [-0.25, -0.2) is 9.97 Å². The Morgan fingerprint density at radius 3 is 1.35 bits per heavy atom. The molecule has 12 N–H and O–H groups in total. The topological polar surface area (TPSA) is 303 Å². The fourth-order valence-corrected chi connectivity index (χ4v) is 2.91. The molecule has 0 aliphatic heterocycles. The predicted molar refractivity (Wildman–Crippen MR) is 120 cm³/mol. The van der Waals surface area contributed by atoms with Crippen molar-refractivity contribution in [3.05, 3.63) is 48.4 Å². The molecule has 0 amide bonds. The Kier molecular flexibility index (Phi) is 11.0. The zero-order valence-corrected chi connectivity index (χ0v) is 19.0. The van der Waals surface area contributed by atoms with Gasteiger partial charge in [0.1, 0.15) is 60.5 Å². The van der Waals surface area contributed by atoms with Crippen molar-refractivity contribution >= 4 is 0 Å². The Hall–Kier alpha value is -3.52. The maximum Gasteiger partial charge on any atom is 0.159 e. The van der Waals surface area contributed by atoms with Gasteiger partial charge in [-0.2, -0.15) is 0 Å². The van der Waals surface area contributed by atoms with Crippen LogP contribution >= 0.6 is 0 Å². The number of aromatic nitrogens is 6. The molecule has 0 fully saturated rings. The third-order valence-corrected chi connectivity index (χ3v) is 5.00.